The van der Waals surface area contributed by atoms with E-state index in [1.165, 1.54) is 4.90 Å². The van der Waals surface area contributed by atoms with Crippen molar-refractivity contribution in [1.29, 1.82) is 0 Å². The van der Waals surface area contributed by atoms with E-state index in [9.17, 15) is 9.59 Å². The molecular weight excluding hydrogens is 272 g/mol. The first-order valence-electron chi connectivity index (χ1n) is 5.70. The first-order valence-corrected chi connectivity index (χ1v) is 8.01. The van der Waals surface area contributed by atoms with Gasteiger partial charge in [0.2, 0.25) is 0 Å². The predicted octanol–water partition coefficient (Wildman–Crippen LogP) is 1.12. The number of rotatable bonds is 6. The Morgan fingerprint density at radius 1 is 1.61 bits per heavy atom. The third-order valence-electron chi connectivity index (χ3n) is 2.43. The fourth-order valence-corrected chi connectivity index (χ4v) is 3.17. The number of hydrogen-bond donors (Lipinski definition) is 2. The van der Waals surface area contributed by atoms with E-state index in [1.54, 1.807) is 23.5 Å². The number of carboxylic acid groups (broad SMARTS) is 1. The second kappa shape index (κ2) is 8.31. The quantitative estimate of drug-likeness (QED) is 0.566. The molecule has 1 aliphatic rings. The number of nitrogens with one attached hydrogen (secondary N) is 1. The van der Waals surface area contributed by atoms with Gasteiger partial charge in [-0.25, -0.2) is 9.59 Å². The van der Waals surface area contributed by atoms with E-state index in [0.29, 0.717) is 18.8 Å². The van der Waals surface area contributed by atoms with Crippen molar-refractivity contribution < 1.29 is 14.7 Å². The third-order valence-corrected chi connectivity index (χ3v) is 4.42. The molecule has 0 aliphatic carbocycles. The third kappa shape index (κ3) is 4.81. The Labute approximate surface area is 115 Å². The minimum atomic E-state index is -0.932. The molecule has 1 fully saturated rings. The van der Waals surface area contributed by atoms with Gasteiger partial charge in [-0.15, -0.1) is 6.58 Å². The lowest BCUT2D eigenvalue weighted by Crippen LogP contribution is -2.54. The zero-order valence-corrected chi connectivity index (χ0v) is 11.8. The van der Waals surface area contributed by atoms with Crippen molar-refractivity contribution in [3.63, 3.8) is 0 Å². The van der Waals surface area contributed by atoms with E-state index in [0.717, 1.165) is 17.3 Å². The van der Waals surface area contributed by atoms with Crippen molar-refractivity contribution in [3.05, 3.63) is 12.7 Å². The van der Waals surface area contributed by atoms with Crippen molar-refractivity contribution in [2.75, 3.05) is 36.1 Å². The van der Waals surface area contributed by atoms with Crippen LogP contribution in [0, 0.1) is 0 Å². The van der Waals surface area contributed by atoms with E-state index >= 15 is 0 Å². The molecule has 5 nitrogen and oxygen atoms in total. The van der Waals surface area contributed by atoms with Crippen molar-refractivity contribution >= 4 is 35.5 Å². The molecule has 1 unspecified atom stereocenters. The van der Waals surface area contributed by atoms with Crippen LogP contribution in [0.1, 0.15) is 0 Å². The van der Waals surface area contributed by atoms with Crippen LogP contribution in [0.25, 0.3) is 0 Å². The summed E-state index contributed by atoms with van der Waals surface area (Å²) in [6, 6.07) is -0.980. The highest BCUT2D eigenvalue weighted by molar-refractivity contribution is 7.99. The molecule has 1 aliphatic heterocycles. The van der Waals surface area contributed by atoms with Crippen LogP contribution in [-0.2, 0) is 4.79 Å². The maximum Gasteiger partial charge on any atom is 0.327 e. The number of aliphatic carboxylic acids is 1. The van der Waals surface area contributed by atoms with Crippen LogP contribution in [0.3, 0.4) is 0 Å². The number of nitrogens with zero attached hydrogens (tertiary/aromatic N) is 1. The number of amides is 2. The molecule has 2 amide bonds. The van der Waals surface area contributed by atoms with Crippen LogP contribution in [0.2, 0.25) is 0 Å². The van der Waals surface area contributed by atoms with Crippen molar-refractivity contribution in [2.24, 2.45) is 0 Å². The van der Waals surface area contributed by atoms with Gasteiger partial charge < -0.3 is 15.3 Å². The van der Waals surface area contributed by atoms with Crippen molar-refractivity contribution in [2.45, 2.75) is 6.04 Å². The number of carbonyl (C=O) groups excluding carboxylic acids is 1. The molecule has 0 bridgehead atoms. The van der Waals surface area contributed by atoms with E-state index in [-0.39, 0.29) is 6.03 Å². The Balaban J connectivity index is 2.34. The minimum absolute atomic E-state index is 0.276. The Morgan fingerprint density at radius 2 is 2.39 bits per heavy atom. The fraction of sp³-hybridized carbons (Fsp3) is 0.636. The van der Waals surface area contributed by atoms with Gasteiger partial charge in [0.05, 0.1) is 0 Å². The number of carboxylic acids is 1. The Morgan fingerprint density at radius 3 is 3.06 bits per heavy atom. The molecule has 0 aromatic carbocycles. The van der Waals surface area contributed by atoms with Crippen LogP contribution < -0.4 is 5.32 Å². The van der Waals surface area contributed by atoms with Gasteiger partial charge in [0.1, 0.15) is 6.04 Å². The van der Waals surface area contributed by atoms with Gasteiger partial charge in [0.25, 0.3) is 0 Å². The molecule has 0 aromatic heterocycles. The largest absolute Gasteiger partial charge is 0.480 e. The summed E-state index contributed by atoms with van der Waals surface area (Å²) >= 11 is 3.25. The van der Waals surface area contributed by atoms with Gasteiger partial charge in [-0.05, 0) is 0 Å². The zero-order valence-electron chi connectivity index (χ0n) is 10.1. The zero-order chi connectivity index (χ0) is 13.4. The summed E-state index contributed by atoms with van der Waals surface area (Å²) in [4.78, 5) is 24.3. The van der Waals surface area contributed by atoms with Gasteiger partial charge in [-0.1, -0.05) is 6.08 Å². The average Bonchev–Trinajstić information content (AvgIpc) is 2.38. The summed E-state index contributed by atoms with van der Waals surface area (Å²) in [5.41, 5.74) is 0. The minimum Gasteiger partial charge on any atom is -0.480 e. The highest BCUT2D eigenvalue weighted by Gasteiger charge is 2.32. The van der Waals surface area contributed by atoms with Crippen LogP contribution in [0.15, 0.2) is 12.7 Å². The molecule has 102 valence electrons. The number of thioether (sulfide) groups is 2. The molecule has 1 heterocycles. The number of hydrogen-bond acceptors (Lipinski definition) is 4. The van der Waals surface area contributed by atoms with E-state index in [4.69, 9.17) is 5.11 Å². The monoisotopic (exact) mass is 290 g/mol. The predicted molar refractivity (Wildman–Crippen MR) is 76.4 cm³/mol. The maximum atomic E-state index is 11.9. The van der Waals surface area contributed by atoms with Crippen LogP contribution in [-0.4, -0.2) is 64.1 Å². The van der Waals surface area contributed by atoms with Gasteiger partial charge in [-0.3, -0.25) is 0 Å². The molecule has 1 atom stereocenters. The molecule has 0 aromatic rings. The summed E-state index contributed by atoms with van der Waals surface area (Å²) in [6.07, 6.45) is 1.81. The molecule has 0 saturated carbocycles. The van der Waals surface area contributed by atoms with Gasteiger partial charge >= 0.3 is 12.0 Å². The lowest BCUT2D eigenvalue weighted by atomic mass is 10.3. The average molecular weight is 290 g/mol. The number of carbonyl (C=O) groups is 2. The lowest BCUT2D eigenvalue weighted by Gasteiger charge is -2.32. The van der Waals surface area contributed by atoms with E-state index in [1.807, 2.05) is 6.08 Å². The summed E-state index contributed by atoms with van der Waals surface area (Å²) in [5.74, 6) is 1.99. The van der Waals surface area contributed by atoms with Gasteiger partial charge in [0, 0.05) is 36.1 Å². The molecule has 0 spiro atoms. The van der Waals surface area contributed by atoms with Crippen LogP contribution in [0.4, 0.5) is 4.79 Å². The Hall–Kier alpha value is -0.820. The highest BCUT2D eigenvalue weighted by atomic mass is 32.2. The fourth-order valence-electron chi connectivity index (χ4n) is 1.55. The SMILES string of the molecule is C=CCSCCNC(=O)N1CCSCC1C(=O)O. The van der Waals surface area contributed by atoms with Crippen LogP contribution >= 0.6 is 23.5 Å². The van der Waals surface area contributed by atoms with Crippen molar-refractivity contribution in [3.8, 4) is 0 Å². The normalized spacial score (nSPS) is 19.3. The van der Waals surface area contributed by atoms with E-state index < -0.39 is 12.0 Å². The van der Waals surface area contributed by atoms with E-state index in [2.05, 4.69) is 11.9 Å². The summed E-state index contributed by atoms with van der Waals surface area (Å²) in [7, 11) is 0. The smallest absolute Gasteiger partial charge is 0.327 e. The van der Waals surface area contributed by atoms with Crippen LogP contribution in [0.5, 0.6) is 0 Å². The molecule has 1 rings (SSSR count). The molecule has 0 radical (unpaired) electrons. The van der Waals surface area contributed by atoms with Crippen molar-refractivity contribution in [1.82, 2.24) is 10.2 Å². The molecule has 18 heavy (non-hydrogen) atoms. The topological polar surface area (TPSA) is 69.6 Å². The maximum absolute atomic E-state index is 11.9. The first-order chi connectivity index (χ1) is 8.66. The highest BCUT2D eigenvalue weighted by Crippen LogP contribution is 2.16. The summed E-state index contributed by atoms with van der Waals surface area (Å²) in [6.45, 7) is 4.65. The molecule has 7 heteroatoms. The lowest BCUT2D eigenvalue weighted by molar-refractivity contribution is -0.141. The number of urea groups is 1. The second-order valence-electron chi connectivity index (χ2n) is 3.72. The Kier molecular flexibility index (Phi) is 7.04. The second-order valence-corrected chi connectivity index (χ2v) is 6.02. The van der Waals surface area contributed by atoms with Gasteiger partial charge in [0.15, 0.2) is 0 Å². The summed E-state index contributed by atoms with van der Waals surface area (Å²) in [5, 5.41) is 11.8. The first kappa shape index (κ1) is 15.2. The van der Waals surface area contributed by atoms with Gasteiger partial charge in [-0.2, -0.15) is 23.5 Å². The Bertz CT molecular complexity index is 313. The molecular formula is C11H18N2O3S2. The molecule has 2 N–H and O–H groups in total. The summed E-state index contributed by atoms with van der Waals surface area (Å²) < 4.78 is 0. The standard InChI is InChI=1S/C11H18N2O3S2/c1-2-5-17-6-3-12-11(16)13-4-7-18-8-9(13)10(14)15/h2,9H,1,3-8H2,(H,12,16)(H,14,15). The molecule has 1 saturated heterocycles.